The van der Waals surface area contributed by atoms with Crippen molar-refractivity contribution in [3.05, 3.63) is 0 Å². The SMILES string of the molecule is CCC(C#N)S(=O)(=O)NCC(C)(C)CO. The van der Waals surface area contributed by atoms with Gasteiger partial charge < -0.3 is 5.11 Å². The third-order valence-electron chi connectivity index (χ3n) is 2.07. The van der Waals surface area contributed by atoms with Gasteiger partial charge in [-0.2, -0.15) is 5.26 Å². The number of sulfonamides is 1. The molecule has 0 aromatic heterocycles. The molecule has 0 bridgehead atoms. The van der Waals surface area contributed by atoms with E-state index in [-0.39, 0.29) is 19.6 Å². The van der Waals surface area contributed by atoms with E-state index in [1.807, 2.05) is 0 Å². The summed E-state index contributed by atoms with van der Waals surface area (Å²) in [5, 5.41) is 16.6. The summed E-state index contributed by atoms with van der Waals surface area (Å²) >= 11 is 0. The minimum Gasteiger partial charge on any atom is -0.396 e. The molecular formula is C9H18N2O3S. The summed E-state index contributed by atoms with van der Waals surface area (Å²) < 4.78 is 25.4. The lowest BCUT2D eigenvalue weighted by Crippen LogP contribution is -2.40. The van der Waals surface area contributed by atoms with Gasteiger partial charge in [-0.3, -0.25) is 0 Å². The Kier molecular flexibility index (Phi) is 5.21. The van der Waals surface area contributed by atoms with E-state index in [4.69, 9.17) is 10.4 Å². The van der Waals surface area contributed by atoms with Gasteiger partial charge in [0.2, 0.25) is 10.0 Å². The second-order valence-electron chi connectivity index (χ2n) is 4.21. The van der Waals surface area contributed by atoms with E-state index in [1.165, 1.54) is 0 Å². The van der Waals surface area contributed by atoms with Crippen LogP contribution in [0.5, 0.6) is 0 Å². The van der Waals surface area contributed by atoms with Gasteiger partial charge in [0.05, 0.1) is 6.07 Å². The van der Waals surface area contributed by atoms with Gasteiger partial charge in [0.15, 0.2) is 5.25 Å². The van der Waals surface area contributed by atoms with Crippen molar-refractivity contribution in [3.8, 4) is 6.07 Å². The van der Waals surface area contributed by atoms with Crippen LogP contribution in [0, 0.1) is 16.7 Å². The number of rotatable bonds is 6. The Morgan fingerprint density at radius 3 is 2.40 bits per heavy atom. The van der Waals surface area contributed by atoms with Crippen LogP contribution in [0.15, 0.2) is 0 Å². The topological polar surface area (TPSA) is 90.2 Å². The average molecular weight is 234 g/mol. The number of hydrogen-bond donors (Lipinski definition) is 2. The van der Waals surface area contributed by atoms with Crippen molar-refractivity contribution >= 4 is 10.0 Å². The van der Waals surface area contributed by atoms with Crippen LogP contribution in [0.1, 0.15) is 27.2 Å². The van der Waals surface area contributed by atoms with Gasteiger partial charge in [0.1, 0.15) is 0 Å². The van der Waals surface area contributed by atoms with E-state index in [2.05, 4.69) is 4.72 Å². The fourth-order valence-electron chi connectivity index (χ4n) is 0.833. The van der Waals surface area contributed by atoms with Crippen LogP contribution in [0.4, 0.5) is 0 Å². The third-order valence-corrected chi connectivity index (χ3v) is 3.80. The van der Waals surface area contributed by atoms with E-state index in [0.717, 1.165) is 0 Å². The summed E-state index contributed by atoms with van der Waals surface area (Å²) in [6.45, 7) is 5.14. The average Bonchev–Trinajstić information content (AvgIpc) is 2.17. The highest BCUT2D eigenvalue weighted by Gasteiger charge is 2.26. The molecule has 5 nitrogen and oxygen atoms in total. The molecule has 2 N–H and O–H groups in total. The van der Waals surface area contributed by atoms with E-state index >= 15 is 0 Å². The normalized spacial score (nSPS) is 14.6. The molecular weight excluding hydrogens is 216 g/mol. The van der Waals surface area contributed by atoms with Crippen LogP contribution in [0.25, 0.3) is 0 Å². The van der Waals surface area contributed by atoms with Gasteiger partial charge in [-0.25, -0.2) is 13.1 Å². The molecule has 0 aromatic rings. The van der Waals surface area contributed by atoms with Crippen molar-refractivity contribution < 1.29 is 13.5 Å². The summed E-state index contributed by atoms with van der Waals surface area (Å²) in [5.74, 6) is 0. The molecule has 0 saturated carbocycles. The molecule has 15 heavy (non-hydrogen) atoms. The molecule has 88 valence electrons. The summed E-state index contributed by atoms with van der Waals surface area (Å²) in [6, 6.07) is 1.73. The second-order valence-corrected chi connectivity index (χ2v) is 6.16. The maximum absolute atomic E-state index is 11.5. The summed E-state index contributed by atoms with van der Waals surface area (Å²) in [5.41, 5.74) is -0.513. The minimum atomic E-state index is -3.59. The van der Waals surface area contributed by atoms with Crippen molar-refractivity contribution in [1.82, 2.24) is 4.72 Å². The fraction of sp³-hybridized carbons (Fsp3) is 0.889. The first-order valence-electron chi connectivity index (χ1n) is 4.78. The lowest BCUT2D eigenvalue weighted by molar-refractivity contribution is 0.163. The fourth-order valence-corrected chi connectivity index (χ4v) is 2.20. The Morgan fingerprint density at radius 1 is 1.53 bits per heavy atom. The van der Waals surface area contributed by atoms with Crippen molar-refractivity contribution in [1.29, 1.82) is 5.26 Å². The van der Waals surface area contributed by atoms with E-state index in [0.29, 0.717) is 0 Å². The van der Waals surface area contributed by atoms with Gasteiger partial charge >= 0.3 is 0 Å². The van der Waals surface area contributed by atoms with Crippen LogP contribution < -0.4 is 4.72 Å². The Bertz CT molecular complexity index is 330. The van der Waals surface area contributed by atoms with Gasteiger partial charge in [-0.15, -0.1) is 0 Å². The molecule has 0 rings (SSSR count). The predicted octanol–water partition coefficient (Wildman–Crippen LogP) is 0.226. The third kappa shape index (κ3) is 4.60. The number of hydrogen-bond acceptors (Lipinski definition) is 4. The zero-order chi connectivity index (χ0) is 12.1. The van der Waals surface area contributed by atoms with Crippen molar-refractivity contribution in [2.75, 3.05) is 13.2 Å². The Labute approximate surface area is 91.2 Å². The number of aliphatic hydroxyl groups is 1. The van der Waals surface area contributed by atoms with Gasteiger partial charge in [0, 0.05) is 18.6 Å². The first-order valence-corrected chi connectivity index (χ1v) is 6.32. The molecule has 0 spiro atoms. The highest BCUT2D eigenvalue weighted by molar-refractivity contribution is 7.90. The Morgan fingerprint density at radius 2 is 2.07 bits per heavy atom. The maximum atomic E-state index is 11.5. The number of nitrogens with one attached hydrogen (secondary N) is 1. The van der Waals surface area contributed by atoms with E-state index < -0.39 is 20.7 Å². The molecule has 0 amide bonds. The molecule has 0 radical (unpaired) electrons. The van der Waals surface area contributed by atoms with Crippen molar-refractivity contribution in [2.24, 2.45) is 5.41 Å². The Hall–Kier alpha value is -0.640. The molecule has 0 aromatic carbocycles. The van der Waals surface area contributed by atoms with Gasteiger partial charge in [0.25, 0.3) is 0 Å². The van der Waals surface area contributed by atoms with Crippen LogP contribution in [0.2, 0.25) is 0 Å². The van der Waals surface area contributed by atoms with Crippen LogP contribution in [-0.4, -0.2) is 31.9 Å². The van der Waals surface area contributed by atoms with Crippen molar-refractivity contribution in [2.45, 2.75) is 32.4 Å². The first kappa shape index (κ1) is 14.4. The second kappa shape index (κ2) is 5.45. The Balaban J connectivity index is 4.49. The molecule has 0 aliphatic carbocycles. The lowest BCUT2D eigenvalue weighted by Gasteiger charge is -2.22. The molecule has 6 heteroatoms. The molecule has 0 aliphatic rings. The highest BCUT2D eigenvalue weighted by atomic mass is 32.2. The number of aliphatic hydroxyl groups excluding tert-OH is 1. The van der Waals surface area contributed by atoms with Crippen LogP contribution >= 0.6 is 0 Å². The number of nitrogens with zero attached hydrogens (tertiary/aromatic N) is 1. The molecule has 0 aliphatic heterocycles. The maximum Gasteiger partial charge on any atom is 0.227 e. The summed E-state index contributed by atoms with van der Waals surface area (Å²) in [7, 11) is -3.59. The smallest absolute Gasteiger partial charge is 0.227 e. The molecule has 0 saturated heterocycles. The van der Waals surface area contributed by atoms with Crippen LogP contribution in [0.3, 0.4) is 0 Å². The van der Waals surface area contributed by atoms with Crippen molar-refractivity contribution in [3.63, 3.8) is 0 Å². The lowest BCUT2D eigenvalue weighted by atomic mass is 9.96. The van der Waals surface area contributed by atoms with Gasteiger partial charge in [-0.1, -0.05) is 20.8 Å². The standard InChI is InChI=1S/C9H18N2O3S/c1-4-8(5-10)15(13,14)11-6-9(2,3)7-12/h8,11-12H,4,6-7H2,1-3H3. The predicted molar refractivity (Wildman–Crippen MR) is 57.5 cm³/mol. The van der Waals surface area contributed by atoms with E-state index in [9.17, 15) is 8.42 Å². The number of nitriles is 1. The zero-order valence-electron chi connectivity index (χ0n) is 9.32. The minimum absolute atomic E-state index is 0.112. The summed E-state index contributed by atoms with van der Waals surface area (Å²) in [6.07, 6.45) is 0.255. The monoisotopic (exact) mass is 234 g/mol. The zero-order valence-corrected chi connectivity index (χ0v) is 10.1. The molecule has 0 heterocycles. The van der Waals surface area contributed by atoms with Crippen LogP contribution in [-0.2, 0) is 10.0 Å². The molecule has 1 atom stereocenters. The first-order chi connectivity index (χ1) is 6.79. The van der Waals surface area contributed by atoms with E-state index in [1.54, 1.807) is 26.8 Å². The largest absolute Gasteiger partial charge is 0.396 e. The molecule has 0 fully saturated rings. The molecule has 1 unspecified atom stereocenters. The van der Waals surface area contributed by atoms with Gasteiger partial charge in [-0.05, 0) is 6.42 Å². The summed E-state index contributed by atoms with van der Waals surface area (Å²) in [4.78, 5) is 0. The quantitative estimate of drug-likeness (QED) is 0.688. The highest BCUT2D eigenvalue weighted by Crippen LogP contribution is 2.13.